The predicted molar refractivity (Wildman–Crippen MR) is 113 cm³/mol. The number of hydrogen-bond acceptors (Lipinski definition) is 7. The molecule has 0 atom stereocenters. The number of aromatic nitrogens is 3. The van der Waals surface area contributed by atoms with E-state index in [4.69, 9.17) is 14.2 Å². The van der Waals surface area contributed by atoms with Crippen LogP contribution in [0.4, 0.5) is 0 Å². The molecule has 1 aliphatic heterocycles. The Balaban J connectivity index is 1.56. The van der Waals surface area contributed by atoms with Crippen LogP contribution >= 0.6 is 11.8 Å². The molecule has 9 heteroatoms. The van der Waals surface area contributed by atoms with Crippen molar-refractivity contribution in [1.29, 1.82) is 0 Å². The molecule has 0 spiro atoms. The van der Waals surface area contributed by atoms with Crippen molar-refractivity contribution in [1.82, 2.24) is 20.1 Å². The molecule has 156 valence electrons. The van der Waals surface area contributed by atoms with Gasteiger partial charge in [-0.15, -0.1) is 10.2 Å². The molecule has 0 radical (unpaired) electrons. The summed E-state index contributed by atoms with van der Waals surface area (Å²) in [7, 11) is 1.60. The van der Waals surface area contributed by atoms with E-state index in [2.05, 4.69) is 15.5 Å². The topological polar surface area (TPSA) is 87.5 Å². The number of hydrogen-bond donors (Lipinski definition) is 1. The van der Waals surface area contributed by atoms with Crippen LogP contribution in [-0.4, -0.2) is 53.5 Å². The Labute approximate surface area is 178 Å². The summed E-state index contributed by atoms with van der Waals surface area (Å²) >= 11 is 1.35. The summed E-state index contributed by atoms with van der Waals surface area (Å²) in [5.41, 5.74) is 1.99. The van der Waals surface area contributed by atoms with Gasteiger partial charge in [0.1, 0.15) is 0 Å². The molecule has 2 aromatic carbocycles. The molecule has 0 saturated heterocycles. The number of ether oxygens (including phenoxy) is 3. The van der Waals surface area contributed by atoms with Crippen LogP contribution in [0.1, 0.15) is 5.56 Å². The van der Waals surface area contributed by atoms with Gasteiger partial charge in [0.15, 0.2) is 22.5 Å². The van der Waals surface area contributed by atoms with E-state index in [9.17, 15) is 4.79 Å². The van der Waals surface area contributed by atoms with E-state index in [0.29, 0.717) is 24.9 Å². The van der Waals surface area contributed by atoms with E-state index in [-0.39, 0.29) is 18.5 Å². The van der Waals surface area contributed by atoms with Crippen LogP contribution < -0.4 is 14.8 Å². The van der Waals surface area contributed by atoms with Crippen LogP contribution in [0.25, 0.3) is 11.4 Å². The standard InChI is InChI=1S/C21H22N4O4S/c1-27-10-9-22-19(26)13-30-21-24-23-20(16-5-3-2-4-6-16)25(21)12-15-7-8-17-18(11-15)29-14-28-17/h2-8,11H,9-10,12-14H2,1H3,(H,22,26). The fourth-order valence-corrected chi connectivity index (χ4v) is 3.80. The number of nitrogens with zero attached hydrogens (tertiary/aromatic N) is 3. The van der Waals surface area contributed by atoms with Gasteiger partial charge in [0, 0.05) is 19.2 Å². The van der Waals surface area contributed by atoms with E-state index in [0.717, 1.165) is 28.5 Å². The summed E-state index contributed by atoms with van der Waals surface area (Å²) in [4.78, 5) is 12.1. The average Bonchev–Trinajstić information content (AvgIpc) is 3.40. The summed E-state index contributed by atoms with van der Waals surface area (Å²) in [6.45, 7) is 1.74. The molecule has 1 amide bonds. The van der Waals surface area contributed by atoms with E-state index in [1.807, 2.05) is 53.1 Å². The van der Waals surface area contributed by atoms with Gasteiger partial charge in [-0.25, -0.2) is 0 Å². The first kappa shape index (κ1) is 20.2. The predicted octanol–water partition coefficient (Wildman–Crippen LogP) is 2.58. The number of thioether (sulfide) groups is 1. The van der Waals surface area contributed by atoms with Crippen molar-refractivity contribution in [2.75, 3.05) is 32.8 Å². The van der Waals surface area contributed by atoms with Gasteiger partial charge >= 0.3 is 0 Å². The summed E-state index contributed by atoms with van der Waals surface area (Å²) < 4.78 is 17.9. The molecule has 4 rings (SSSR count). The van der Waals surface area contributed by atoms with Crippen LogP contribution in [0.2, 0.25) is 0 Å². The van der Waals surface area contributed by atoms with Gasteiger partial charge in [-0.05, 0) is 17.7 Å². The van der Waals surface area contributed by atoms with Crippen molar-refractivity contribution in [2.24, 2.45) is 0 Å². The summed E-state index contributed by atoms with van der Waals surface area (Å²) in [5.74, 6) is 2.39. The second kappa shape index (κ2) is 9.64. The highest BCUT2D eigenvalue weighted by atomic mass is 32.2. The molecule has 0 fully saturated rings. The van der Waals surface area contributed by atoms with Crippen molar-refractivity contribution in [3.05, 3.63) is 54.1 Å². The van der Waals surface area contributed by atoms with E-state index < -0.39 is 0 Å². The fraction of sp³-hybridized carbons (Fsp3) is 0.286. The number of carbonyl (C=O) groups excluding carboxylic acids is 1. The zero-order valence-electron chi connectivity index (χ0n) is 16.5. The van der Waals surface area contributed by atoms with Crippen molar-refractivity contribution in [2.45, 2.75) is 11.7 Å². The Bertz CT molecular complexity index is 1010. The summed E-state index contributed by atoms with van der Waals surface area (Å²) in [6, 6.07) is 15.7. The van der Waals surface area contributed by atoms with E-state index in [1.54, 1.807) is 7.11 Å². The number of carbonyl (C=O) groups is 1. The van der Waals surface area contributed by atoms with Crippen molar-refractivity contribution in [3.8, 4) is 22.9 Å². The molecule has 0 unspecified atom stereocenters. The van der Waals surface area contributed by atoms with Crippen LogP contribution in [-0.2, 0) is 16.1 Å². The highest BCUT2D eigenvalue weighted by molar-refractivity contribution is 7.99. The second-order valence-electron chi connectivity index (χ2n) is 6.58. The lowest BCUT2D eigenvalue weighted by atomic mass is 10.2. The molecule has 3 aromatic rings. The van der Waals surface area contributed by atoms with Gasteiger partial charge in [-0.2, -0.15) is 0 Å². The zero-order valence-corrected chi connectivity index (χ0v) is 17.4. The number of nitrogens with one attached hydrogen (secondary N) is 1. The molecule has 0 aliphatic carbocycles. The number of methoxy groups -OCH3 is 1. The van der Waals surface area contributed by atoms with Crippen molar-refractivity contribution >= 4 is 17.7 Å². The lowest BCUT2D eigenvalue weighted by Gasteiger charge is -2.11. The van der Waals surface area contributed by atoms with Gasteiger partial charge in [-0.3, -0.25) is 9.36 Å². The number of benzene rings is 2. The van der Waals surface area contributed by atoms with Gasteiger partial charge in [-0.1, -0.05) is 48.2 Å². The third-order valence-corrected chi connectivity index (χ3v) is 5.45. The lowest BCUT2D eigenvalue weighted by molar-refractivity contribution is -0.118. The fourth-order valence-electron chi connectivity index (χ4n) is 3.03. The normalized spacial score (nSPS) is 12.2. The molecule has 1 aromatic heterocycles. The van der Waals surface area contributed by atoms with Crippen LogP contribution in [0.5, 0.6) is 11.5 Å². The second-order valence-corrected chi connectivity index (χ2v) is 7.52. The molecule has 8 nitrogen and oxygen atoms in total. The monoisotopic (exact) mass is 426 g/mol. The summed E-state index contributed by atoms with van der Waals surface area (Å²) in [6.07, 6.45) is 0. The Morgan fingerprint density at radius 1 is 1.17 bits per heavy atom. The first-order valence-electron chi connectivity index (χ1n) is 9.50. The average molecular weight is 426 g/mol. The molecular weight excluding hydrogens is 404 g/mol. The largest absolute Gasteiger partial charge is 0.454 e. The Kier molecular flexibility index (Phi) is 6.50. The number of amides is 1. The quantitative estimate of drug-likeness (QED) is 0.416. The summed E-state index contributed by atoms with van der Waals surface area (Å²) in [5, 5.41) is 12.2. The molecule has 2 heterocycles. The Morgan fingerprint density at radius 3 is 2.83 bits per heavy atom. The minimum absolute atomic E-state index is 0.0732. The molecule has 0 bridgehead atoms. The SMILES string of the molecule is COCCNC(=O)CSc1nnc(-c2ccccc2)n1Cc1ccc2c(c1)OCO2. The zero-order chi connectivity index (χ0) is 20.8. The smallest absolute Gasteiger partial charge is 0.231 e. The van der Waals surface area contributed by atoms with Crippen molar-refractivity contribution < 1.29 is 19.0 Å². The highest BCUT2D eigenvalue weighted by Crippen LogP contribution is 2.33. The lowest BCUT2D eigenvalue weighted by Crippen LogP contribution is -2.28. The third-order valence-electron chi connectivity index (χ3n) is 4.49. The molecular formula is C21H22N4O4S. The third kappa shape index (κ3) is 4.74. The first-order valence-corrected chi connectivity index (χ1v) is 10.5. The van der Waals surface area contributed by atoms with Crippen molar-refractivity contribution in [3.63, 3.8) is 0 Å². The van der Waals surface area contributed by atoms with Gasteiger partial charge in [0.25, 0.3) is 0 Å². The van der Waals surface area contributed by atoms with Gasteiger partial charge in [0.05, 0.1) is 18.9 Å². The molecule has 1 aliphatic rings. The maximum atomic E-state index is 12.1. The molecule has 30 heavy (non-hydrogen) atoms. The minimum Gasteiger partial charge on any atom is -0.454 e. The van der Waals surface area contributed by atoms with Gasteiger partial charge in [0.2, 0.25) is 12.7 Å². The van der Waals surface area contributed by atoms with Crippen LogP contribution in [0.3, 0.4) is 0 Å². The Morgan fingerprint density at radius 2 is 2.00 bits per heavy atom. The van der Waals surface area contributed by atoms with Crippen LogP contribution in [0, 0.1) is 0 Å². The Hall–Kier alpha value is -3.04. The highest BCUT2D eigenvalue weighted by Gasteiger charge is 2.18. The van der Waals surface area contributed by atoms with E-state index >= 15 is 0 Å². The number of rotatable bonds is 9. The number of fused-ring (bicyclic) bond motifs is 1. The molecule has 0 saturated carbocycles. The van der Waals surface area contributed by atoms with Gasteiger partial charge < -0.3 is 19.5 Å². The van der Waals surface area contributed by atoms with Crippen LogP contribution in [0.15, 0.2) is 53.7 Å². The van der Waals surface area contributed by atoms with E-state index in [1.165, 1.54) is 11.8 Å². The maximum Gasteiger partial charge on any atom is 0.231 e. The first-order chi connectivity index (χ1) is 14.7. The molecule has 1 N–H and O–H groups in total. The minimum atomic E-state index is -0.0732. The maximum absolute atomic E-state index is 12.1.